The summed E-state index contributed by atoms with van der Waals surface area (Å²) in [5, 5.41) is 9.19. The Morgan fingerprint density at radius 2 is 1.94 bits per heavy atom. The van der Waals surface area contributed by atoms with Gasteiger partial charge in [0.2, 0.25) is 0 Å². The molecule has 0 amide bonds. The molecule has 0 radical (unpaired) electrons. The Morgan fingerprint density at radius 3 is 2.50 bits per heavy atom. The lowest BCUT2D eigenvalue weighted by atomic mass is 9.99. The minimum Gasteiger partial charge on any atom is -0.393 e. The highest BCUT2D eigenvalue weighted by atomic mass is 16.3. The maximum Gasteiger partial charge on any atom is 0.0512 e. The zero-order valence-corrected chi connectivity index (χ0v) is 11.4. The zero-order valence-electron chi connectivity index (χ0n) is 11.4. The Balaban J connectivity index is 2.19. The number of aliphatic hydroxyl groups is 1. The maximum atomic E-state index is 9.19. The third-order valence-corrected chi connectivity index (χ3v) is 3.74. The molecular formula is C13H28N2O. The summed E-state index contributed by atoms with van der Waals surface area (Å²) in [7, 11) is 2.21. The van der Waals surface area contributed by atoms with Crippen LogP contribution in [-0.2, 0) is 0 Å². The molecule has 96 valence electrons. The van der Waals surface area contributed by atoms with E-state index in [0.717, 1.165) is 19.4 Å². The van der Waals surface area contributed by atoms with Crippen molar-refractivity contribution in [2.45, 2.75) is 51.7 Å². The number of aliphatic hydroxyl groups excluding tert-OH is 1. The van der Waals surface area contributed by atoms with Gasteiger partial charge in [-0.05, 0) is 53.6 Å². The third-order valence-electron chi connectivity index (χ3n) is 3.74. The molecule has 0 aromatic heterocycles. The summed E-state index contributed by atoms with van der Waals surface area (Å²) in [6, 6.07) is 0. The van der Waals surface area contributed by atoms with E-state index in [9.17, 15) is 5.11 Å². The number of rotatable bonds is 5. The topological polar surface area (TPSA) is 26.7 Å². The lowest BCUT2D eigenvalue weighted by Gasteiger charge is -2.45. The standard InChI is InChI=1S/C13H28N2O/c1-12(16)7-5-6-8-15-10-9-14(4)13(2,3)11-15/h12,16H,5-11H2,1-4H3. The molecule has 0 aromatic carbocycles. The normalized spacial score (nSPS) is 24.6. The minimum absolute atomic E-state index is 0.135. The summed E-state index contributed by atoms with van der Waals surface area (Å²) >= 11 is 0. The Bertz CT molecular complexity index is 204. The largest absolute Gasteiger partial charge is 0.393 e. The van der Waals surface area contributed by atoms with Crippen LogP contribution in [0.2, 0.25) is 0 Å². The molecule has 1 saturated heterocycles. The van der Waals surface area contributed by atoms with Crippen LogP contribution in [0.25, 0.3) is 0 Å². The summed E-state index contributed by atoms with van der Waals surface area (Å²) in [5.74, 6) is 0. The van der Waals surface area contributed by atoms with Crippen molar-refractivity contribution in [1.82, 2.24) is 9.80 Å². The van der Waals surface area contributed by atoms with E-state index in [1.807, 2.05) is 6.92 Å². The monoisotopic (exact) mass is 228 g/mol. The van der Waals surface area contributed by atoms with Crippen molar-refractivity contribution in [3.8, 4) is 0 Å². The fourth-order valence-electron chi connectivity index (χ4n) is 2.31. The van der Waals surface area contributed by atoms with Gasteiger partial charge in [-0.1, -0.05) is 0 Å². The van der Waals surface area contributed by atoms with Crippen molar-refractivity contribution in [3.63, 3.8) is 0 Å². The first kappa shape index (κ1) is 13.9. The number of piperazine rings is 1. The van der Waals surface area contributed by atoms with Crippen LogP contribution < -0.4 is 0 Å². The van der Waals surface area contributed by atoms with Crippen molar-refractivity contribution >= 4 is 0 Å². The second-order valence-corrected chi connectivity index (χ2v) is 5.85. The third kappa shape index (κ3) is 4.40. The van der Waals surface area contributed by atoms with Crippen LogP contribution in [0.15, 0.2) is 0 Å². The number of hydrogen-bond acceptors (Lipinski definition) is 3. The van der Waals surface area contributed by atoms with E-state index in [1.165, 1.54) is 26.1 Å². The van der Waals surface area contributed by atoms with Gasteiger partial charge >= 0.3 is 0 Å². The van der Waals surface area contributed by atoms with E-state index in [2.05, 4.69) is 30.7 Å². The summed E-state index contributed by atoms with van der Waals surface area (Å²) in [6.07, 6.45) is 3.16. The minimum atomic E-state index is -0.135. The second kappa shape index (κ2) is 5.99. The quantitative estimate of drug-likeness (QED) is 0.724. The molecule has 1 fully saturated rings. The van der Waals surface area contributed by atoms with Crippen molar-refractivity contribution in [2.75, 3.05) is 33.2 Å². The van der Waals surface area contributed by atoms with Gasteiger partial charge in [0.1, 0.15) is 0 Å². The first-order valence-electron chi connectivity index (χ1n) is 6.53. The van der Waals surface area contributed by atoms with Gasteiger partial charge in [0.05, 0.1) is 6.10 Å². The maximum absolute atomic E-state index is 9.19. The molecule has 1 N–H and O–H groups in total. The van der Waals surface area contributed by atoms with E-state index < -0.39 is 0 Å². The predicted octanol–water partition coefficient (Wildman–Crippen LogP) is 1.56. The van der Waals surface area contributed by atoms with Crippen LogP contribution in [0.3, 0.4) is 0 Å². The first-order valence-corrected chi connectivity index (χ1v) is 6.53. The van der Waals surface area contributed by atoms with Gasteiger partial charge in [0.25, 0.3) is 0 Å². The number of likely N-dealkylation sites (N-methyl/N-ethyl adjacent to an activating group) is 1. The van der Waals surface area contributed by atoms with Crippen molar-refractivity contribution in [2.24, 2.45) is 0 Å². The van der Waals surface area contributed by atoms with Crippen molar-refractivity contribution < 1.29 is 5.11 Å². The average molecular weight is 228 g/mol. The second-order valence-electron chi connectivity index (χ2n) is 5.85. The smallest absolute Gasteiger partial charge is 0.0512 e. The highest BCUT2D eigenvalue weighted by molar-refractivity contribution is 4.87. The van der Waals surface area contributed by atoms with Gasteiger partial charge in [-0.15, -0.1) is 0 Å². The van der Waals surface area contributed by atoms with Gasteiger partial charge in [-0.25, -0.2) is 0 Å². The van der Waals surface area contributed by atoms with Crippen LogP contribution in [0.5, 0.6) is 0 Å². The molecule has 0 spiro atoms. The molecule has 1 rings (SSSR count). The first-order chi connectivity index (χ1) is 7.42. The molecule has 1 atom stereocenters. The van der Waals surface area contributed by atoms with Gasteiger partial charge in [0.15, 0.2) is 0 Å². The number of hydrogen-bond donors (Lipinski definition) is 1. The van der Waals surface area contributed by atoms with Gasteiger partial charge < -0.3 is 10.0 Å². The van der Waals surface area contributed by atoms with Crippen molar-refractivity contribution in [3.05, 3.63) is 0 Å². The Labute approximate surface area is 100 Å². The molecule has 1 aliphatic rings. The van der Waals surface area contributed by atoms with E-state index in [-0.39, 0.29) is 6.10 Å². The summed E-state index contributed by atoms with van der Waals surface area (Å²) in [4.78, 5) is 5.00. The molecule has 0 saturated carbocycles. The van der Waals surface area contributed by atoms with Gasteiger partial charge in [-0.2, -0.15) is 0 Å². The highest BCUT2D eigenvalue weighted by Crippen LogP contribution is 2.19. The Hall–Kier alpha value is -0.120. The molecule has 0 aliphatic carbocycles. The fourth-order valence-corrected chi connectivity index (χ4v) is 2.31. The lowest BCUT2D eigenvalue weighted by Crippen LogP contribution is -2.57. The molecule has 1 aliphatic heterocycles. The molecular weight excluding hydrogens is 200 g/mol. The number of nitrogens with zero attached hydrogens (tertiary/aromatic N) is 2. The van der Waals surface area contributed by atoms with Gasteiger partial charge in [0, 0.05) is 25.2 Å². The zero-order chi connectivity index (χ0) is 12.2. The molecule has 3 nitrogen and oxygen atoms in total. The van der Waals surface area contributed by atoms with Gasteiger partial charge in [-0.3, -0.25) is 4.90 Å². The van der Waals surface area contributed by atoms with E-state index in [0.29, 0.717) is 5.54 Å². The molecule has 0 bridgehead atoms. The summed E-state index contributed by atoms with van der Waals surface area (Å²) in [5.41, 5.74) is 0.308. The summed E-state index contributed by atoms with van der Waals surface area (Å²) in [6.45, 7) is 11.2. The van der Waals surface area contributed by atoms with Crippen molar-refractivity contribution in [1.29, 1.82) is 0 Å². The highest BCUT2D eigenvalue weighted by Gasteiger charge is 2.30. The molecule has 3 heteroatoms. The molecule has 0 aromatic rings. The van der Waals surface area contributed by atoms with Crippen LogP contribution in [0, 0.1) is 0 Å². The Kier molecular flexibility index (Phi) is 5.22. The SMILES string of the molecule is CC(O)CCCCN1CCN(C)C(C)(C)C1. The number of unbranched alkanes of at least 4 members (excludes halogenated alkanes) is 1. The van der Waals surface area contributed by atoms with Crippen LogP contribution in [0.1, 0.15) is 40.0 Å². The molecule has 1 heterocycles. The van der Waals surface area contributed by atoms with E-state index in [1.54, 1.807) is 0 Å². The van der Waals surface area contributed by atoms with Crippen LogP contribution in [-0.4, -0.2) is 59.8 Å². The Morgan fingerprint density at radius 1 is 1.25 bits per heavy atom. The fraction of sp³-hybridized carbons (Fsp3) is 1.00. The van der Waals surface area contributed by atoms with Crippen LogP contribution in [0.4, 0.5) is 0 Å². The molecule has 16 heavy (non-hydrogen) atoms. The van der Waals surface area contributed by atoms with E-state index in [4.69, 9.17) is 0 Å². The molecule has 1 unspecified atom stereocenters. The predicted molar refractivity (Wildman–Crippen MR) is 68.7 cm³/mol. The van der Waals surface area contributed by atoms with E-state index >= 15 is 0 Å². The lowest BCUT2D eigenvalue weighted by molar-refractivity contribution is 0.0388. The summed E-state index contributed by atoms with van der Waals surface area (Å²) < 4.78 is 0. The van der Waals surface area contributed by atoms with Crippen LogP contribution >= 0.6 is 0 Å². The average Bonchev–Trinajstić information content (AvgIpc) is 2.17.